The molecule has 1 aromatic heterocycles. The molecule has 0 spiro atoms. The van der Waals surface area contributed by atoms with Gasteiger partial charge in [-0.05, 0) is 31.2 Å². The van der Waals surface area contributed by atoms with Gasteiger partial charge in [-0.3, -0.25) is 9.78 Å². The highest BCUT2D eigenvalue weighted by atomic mass is 19.4. The number of pyridine rings is 1. The van der Waals surface area contributed by atoms with Gasteiger partial charge in [-0.25, -0.2) is 0 Å². The number of hydrogen-bond donors (Lipinski definition) is 1. The number of nitrogens with zero attached hydrogens (tertiary/aromatic N) is 1. The zero-order valence-corrected chi connectivity index (χ0v) is 10.5. The third kappa shape index (κ3) is 2.96. The number of aryl methyl sites for hydroxylation is 1. The summed E-state index contributed by atoms with van der Waals surface area (Å²) in [4.78, 5) is 16.0. The van der Waals surface area contributed by atoms with Gasteiger partial charge in [0.25, 0.3) is 5.91 Å². The second-order valence-electron chi connectivity index (χ2n) is 4.13. The zero-order valence-electron chi connectivity index (χ0n) is 10.5. The molecular weight excluding hydrogens is 269 g/mol. The molecule has 0 atom stereocenters. The molecule has 6 heteroatoms. The van der Waals surface area contributed by atoms with Gasteiger partial charge in [-0.1, -0.05) is 12.1 Å². The number of aromatic nitrogens is 1. The molecule has 104 valence electrons. The molecule has 20 heavy (non-hydrogen) atoms. The molecular formula is C14H11F3N2O. The van der Waals surface area contributed by atoms with E-state index in [0.29, 0.717) is 11.4 Å². The van der Waals surface area contributed by atoms with Gasteiger partial charge in [0.05, 0.1) is 22.5 Å². The summed E-state index contributed by atoms with van der Waals surface area (Å²) in [5.41, 5.74) is -0.456. The largest absolute Gasteiger partial charge is 0.417 e. The Morgan fingerprint density at radius 1 is 1.15 bits per heavy atom. The van der Waals surface area contributed by atoms with E-state index in [4.69, 9.17) is 0 Å². The minimum atomic E-state index is -4.57. The van der Waals surface area contributed by atoms with Gasteiger partial charge in [0.2, 0.25) is 0 Å². The van der Waals surface area contributed by atoms with Gasteiger partial charge in [-0.15, -0.1) is 0 Å². The molecule has 0 saturated heterocycles. The van der Waals surface area contributed by atoms with Crippen LogP contribution in [0.3, 0.4) is 0 Å². The number of rotatable bonds is 2. The maximum Gasteiger partial charge on any atom is 0.417 e. The van der Waals surface area contributed by atoms with Crippen LogP contribution in [0.2, 0.25) is 0 Å². The van der Waals surface area contributed by atoms with Crippen molar-refractivity contribution in [1.29, 1.82) is 0 Å². The molecule has 0 aliphatic heterocycles. The second kappa shape index (κ2) is 5.32. The van der Waals surface area contributed by atoms with Gasteiger partial charge < -0.3 is 5.32 Å². The first-order valence-corrected chi connectivity index (χ1v) is 5.79. The van der Waals surface area contributed by atoms with E-state index in [1.54, 1.807) is 19.1 Å². The van der Waals surface area contributed by atoms with Crippen molar-refractivity contribution < 1.29 is 18.0 Å². The van der Waals surface area contributed by atoms with E-state index in [9.17, 15) is 18.0 Å². The van der Waals surface area contributed by atoms with Gasteiger partial charge >= 0.3 is 6.18 Å². The number of hydrogen-bond acceptors (Lipinski definition) is 2. The summed E-state index contributed by atoms with van der Waals surface area (Å²) < 4.78 is 38.5. The molecule has 1 aromatic carbocycles. The van der Waals surface area contributed by atoms with E-state index in [1.165, 1.54) is 18.3 Å². The Balaban J connectivity index is 2.34. The molecule has 3 nitrogen and oxygen atoms in total. The van der Waals surface area contributed by atoms with E-state index < -0.39 is 23.2 Å². The zero-order chi connectivity index (χ0) is 14.8. The predicted molar refractivity (Wildman–Crippen MR) is 68.4 cm³/mol. The molecule has 1 amide bonds. The summed E-state index contributed by atoms with van der Waals surface area (Å²) >= 11 is 0. The standard InChI is InChI=1S/C14H11F3N2O/c1-9-12(7-4-8-18-9)19-13(20)10-5-2-3-6-11(10)14(15,16)17/h2-8H,1H3,(H,19,20). The number of alkyl halides is 3. The maximum absolute atomic E-state index is 12.8. The number of nitrogens with one attached hydrogen (secondary N) is 1. The molecule has 0 radical (unpaired) electrons. The Hall–Kier alpha value is -2.37. The third-order valence-electron chi connectivity index (χ3n) is 2.73. The maximum atomic E-state index is 12.8. The minimum absolute atomic E-state index is 0.384. The summed E-state index contributed by atoms with van der Waals surface area (Å²) in [5, 5.41) is 2.44. The van der Waals surface area contributed by atoms with E-state index in [2.05, 4.69) is 10.3 Å². The summed E-state index contributed by atoms with van der Waals surface area (Å²) in [5.74, 6) is -0.811. The summed E-state index contributed by atoms with van der Waals surface area (Å²) in [6.45, 7) is 1.66. The van der Waals surface area contributed by atoms with Crippen LogP contribution in [0.25, 0.3) is 0 Å². The van der Waals surface area contributed by atoms with Gasteiger partial charge in [-0.2, -0.15) is 13.2 Å². The Bertz CT molecular complexity index is 638. The first-order valence-electron chi connectivity index (χ1n) is 5.79. The van der Waals surface area contributed by atoms with Gasteiger partial charge in [0, 0.05) is 6.20 Å². The minimum Gasteiger partial charge on any atom is -0.320 e. The van der Waals surface area contributed by atoms with Crippen LogP contribution < -0.4 is 5.32 Å². The molecule has 0 aliphatic carbocycles. The van der Waals surface area contributed by atoms with Crippen LogP contribution in [0.1, 0.15) is 21.6 Å². The van der Waals surface area contributed by atoms with Crippen LogP contribution >= 0.6 is 0 Å². The Morgan fingerprint density at radius 2 is 1.85 bits per heavy atom. The molecule has 2 aromatic rings. The number of carbonyl (C=O) groups excluding carboxylic acids is 1. The van der Waals surface area contributed by atoms with Crippen LogP contribution in [0.5, 0.6) is 0 Å². The van der Waals surface area contributed by atoms with Crippen LogP contribution in [-0.2, 0) is 6.18 Å². The average Bonchev–Trinajstić information content (AvgIpc) is 2.40. The Kier molecular flexibility index (Phi) is 3.74. The lowest BCUT2D eigenvalue weighted by molar-refractivity contribution is -0.137. The highest BCUT2D eigenvalue weighted by molar-refractivity contribution is 6.05. The summed E-state index contributed by atoms with van der Waals surface area (Å²) in [7, 11) is 0. The van der Waals surface area contributed by atoms with Crippen molar-refractivity contribution in [3.63, 3.8) is 0 Å². The van der Waals surface area contributed by atoms with Gasteiger partial charge in [0.15, 0.2) is 0 Å². The molecule has 1 heterocycles. The van der Waals surface area contributed by atoms with E-state index in [-0.39, 0.29) is 0 Å². The van der Waals surface area contributed by atoms with Crippen LogP contribution in [0.4, 0.5) is 18.9 Å². The monoisotopic (exact) mass is 280 g/mol. The highest BCUT2D eigenvalue weighted by Crippen LogP contribution is 2.32. The molecule has 2 rings (SSSR count). The molecule has 0 aliphatic rings. The first-order chi connectivity index (χ1) is 9.39. The van der Waals surface area contributed by atoms with Crippen molar-refractivity contribution in [2.45, 2.75) is 13.1 Å². The normalized spacial score (nSPS) is 11.2. The topological polar surface area (TPSA) is 42.0 Å². The number of amides is 1. The number of halogens is 3. The lowest BCUT2D eigenvalue weighted by atomic mass is 10.1. The number of benzene rings is 1. The third-order valence-corrected chi connectivity index (χ3v) is 2.73. The quantitative estimate of drug-likeness (QED) is 0.912. The number of carbonyl (C=O) groups is 1. The number of anilines is 1. The molecule has 0 saturated carbocycles. The average molecular weight is 280 g/mol. The van der Waals surface area contributed by atoms with Crippen LogP contribution in [0.15, 0.2) is 42.6 Å². The second-order valence-corrected chi connectivity index (χ2v) is 4.13. The summed E-state index contributed by atoms with van der Waals surface area (Å²) in [6, 6.07) is 7.83. The van der Waals surface area contributed by atoms with E-state index in [1.807, 2.05) is 0 Å². The van der Waals surface area contributed by atoms with Crippen LogP contribution in [-0.4, -0.2) is 10.9 Å². The van der Waals surface area contributed by atoms with Gasteiger partial charge in [0.1, 0.15) is 0 Å². The molecule has 0 fully saturated rings. The van der Waals surface area contributed by atoms with Crippen LogP contribution in [0, 0.1) is 6.92 Å². The SMILES string of the molecule is Cc1ncccc1NC(=O)c1ccccc1C(F)(F)F. The molecule has 0 unspecified atom stereocenters. The van der Waals surface area contributed by atoms with Crippen molar-refractivity contribution in [1.82, 2.24) is 4.98 Å². The lowest BCUT2D eigenvalue weighted by Gasteiger charge is -2.13. The first kappa shape index (κ1) is 14.0. The van der Waals surface area contributed by atoms with Crippen molar-refractivity contribution in [2.75, 3.05) is 5.32 Å². The Labute approximate surface area is 113 Å². The highest BCUT2D eigenvalue weighted by Gasteiger charge is 2.34. The molecule has 1 N–H and O–H groups in total. The fraction of sp³-hybridized carbons (Fsp3) is 0.143. The van der Waals surface area contributed by atoms with Crippen molar-refractivity contribution >= 4 is 11.6 Å². The van der Waals surface area contributed by atoms with Crippen molar-refractivity contribution in [2.24, 2.45) is 0 Å². The van der Waals surface area contributed by atoms with E-state index in [0.717, 1.165) is 12.1 Å². The smallest absolute Gasteiger partial charge is 0.320 e. The van der Waals surface area contributed by atoms with Crippen molar-refractivity contribution in [3.8, 4) is 0 Å². The lowest BCUT2D eigenvalue weighted by Crippen LogP contribution is -2.19. The fourth-order valence-electron chi connectivity index (χ4n) is 1.73. The fourth-order valence-corrected chi connectivity index (χ4v) is 1.73. The molecule has 0 bridgehead atoms. The van der Waals surface area contributed by atoms with Crippen molar-refractivity contribution in [3.05, 3.63) is 59.4 Å². The van der Waals surface area contributed by atoms with E-state index >= 15 is 0 Å². The predicted octanol–water partition coefficient (Wildman–Crippen LogP) is 3.66. The Morgan fingerprint density at radius 3 is 2.50 bits per heavy atom. The summed E-state index contributed by atoms with van der Waals surface area (Å²) in [6.07, 6.45) is -3.04.